The first-order valence-corrected chi connectivity index (χ1v) is 7.06. The van der Waals surface area contributed by atoms with Crippen molar-refractivity contribution in [1.29, 1.82) is 0 Å². The van der Waals surface area contributed by atoms with E-state index in [4.69, 9.17) is 5.73 Å². The average Bonchev–Trinajstić information content (AvgIpc) is 2.66. The number of carbonyl (C=O) groups is 1. The minimum Gasteiger partial charge on any atom is -0.397 e. The van der Waals surface area contributed by atoms with Gasteiger partial charge in [0.15, 0.2) is 0 Å². The Morgan fingerprint density at radius 2 is 2.11 bits per heavy atom. The summed E-state index contributed by atoms with van der Waals surface area (Å²) in [6.45, 7) is 7.29. The summed E-state index contributed by atoms with van der Waals surface area (Å²) in [4.78, 5) is 12.1. The van der Waals surface area contributed by atoms with Gasteiger partial charge in [-0.3, -0.25) is 4.79 Å². The molecule has 0 saturated heterocycles. The molecule has 1 aromatic heterocycles. The molecular formula is C15H27N3O. The lowest BCUT2D eigenvalue weighted by molar-refractivity contribution is 0.0926. The molecule has 1 amide bonds. The molecule has 0 radical (unpaired) electrons. The van der Waals surface area contributed by atoms with Gasteiger partial charge in [0.25, 0.3) is 5.91 Å². The molecule has 0 aliphatic rings. The number of nitrogens with one attached hydrogen (secondary N) is 1. The summed E-state index contributed by atoms with van der Waals surface area (Å²) in [5.74, 6) is -0.0530. The highest BCUT2D eigenvalue weighted by molar-refractivity contribution is 5.93. The van der Waals surface area contributed by atoms with Crippen LogP contribution in [-0.4, -0.2) is 17.0 Å². The third-order valence-corrected chi connectivity index (χ3v) is 3.44. The van der Waals surface area contributed by atoms with Gasteiger partial charge in [0.1, 0.15) is 5.69 Å². The predicted octanol–water partition coefficient (Wildman–Crippen LogP) is 2.94. The second kappa shape index (κ2) is 6.64. The first-order chi connectivity index (χ1) is 8.85. The quantitative estimate of drug-likeness (QED) is 0.745. The monoisotopic (exact) mass is 265 g/mol. The van der Waals surface area contributed by atoms with E-state index in [0.29, 0.717) is 17.9 Å². The van der Waals surface area contributed by atoms with E-state index in [1.54, 1.807) is 16.8 Å². The molecular weight excluding hydrogens is 238 g/mol. The van der Waals surface area contributed by atoms with Crippen molar-refractivity contribution in [2.45, 2.75) is 46.5 Å². The van der Waals surface area contributed by atoms with Gasteiger partial charge in [-0.1, -0.05) is 40.0 Å². The SMILES string of the molecule is CCCCCC(C)(C)CNC(=O)c1cc(N)cn1C. The maximum atomic E-state index is 12.1. The maximum absolute atomic E-state index is 12.1. The summed E-state index contributed by atoms with van der Waals surface area (Å²) < 4.78 is 1.76. The van der Waals surface area contributed by atoms with E-state index in [1.807, 2.05) is 7.05 Å². The van der Waals surface area contributed by atoms with Crippen LogP contribution in [0.5, 0.6) is 0 Å². The Kier molecular flexibility index (Phi) is 5.45. The van der Waals surface area contributed by atoms with Gasteiger partial charge < -0.3 is 15.6 Å². The summed E-state index contributed by atoms with van der Waals surface area (Å²) in [5, 5.41) is 3.00. The summed E-state index contributed by atoms with van der Waals surface area (Å²) in [5.41, 5.74) is 7.05. The zero-order chi connectivity index (χ0) is 14.5. The molecule has 108 valence electrons. The summed E-state index contributed by atoms with van der Waals surface area (Å²) in [7, 11) is 1.83. The van der Waals surface area contributed by atoms with Crippen LogP contribution in [0.2, 0.25) is 0 Å². The Hall–Kier alpha value is -1.45. The van der Waals surface area contributed by atoms with Gasteiger partial charge in [0, 0.05) is 19.8 Å². The molecule has 1 rings (SSSR count). The van der Waals surface area contributed by atoms with Crippen LogP contribution in [0.25, 0.3) is 0 Å². The number of anilines is 1. The van der Waals surface area contributed by atoms with E-state index >= 15 is 0 Å². The van der Waals surface area contributed by atoms with E-state index in [9.17, 15) is 4.79 Å². The van der Waals surface area contributed by atoms with E-state index in [0.717, 1.165) is 6.42 Å². The zero-order valence-electron chi connectivity index (χ0n) is 12.6. The van der Waals surface area contributed by atoms with Gasteiger partial charge in [0.05, 0.1) is 5.69 Å². The Balaban J connectivity index is 2.47. The molecule has 0 bridgehead atoms. The molecule has 1 heterocycles. The highest BCUT2D eigenvalue weighted by Crippen LogP contribution is 2.22. The van der Waals surface area contributed by atoms with Gasteiger partial charge in [-0.2, -0.15) is 0 Å². The van der Waals surface area contributed by atoms with Crippen LogP contribution >= 0.6 is 0 Å². The van der Waals surface area contributed by atoms with Gasteiger partial charge in [-0.25, -0.2) is 0 Å². The second-order valence-corrected chi connectivity index (χ2v) is 6.07. The fourth-order valence-corrected chi connectivity index (χ4v) is 2.17. The van der Waals surface area contributed by atoms with Crippen LogP contribution in [0.4, 0.5) is 5.69 Å². The number of carbonyl (C=O) groups excluding carboxylic acids is 1. The molecule has 0 fully saturated rings. The topological polar surface area (TPSA) is 60.1 Å². The molecule has 0 aliphatic heterocycles. The number of amides is 1. The number of hydrogen-bond acceptors (Lipinski definition) is 2. The summed E-state index contributed by atoms with van der Waals surface area (Å²) in [6.07, 6.45) is 6.59. The van der Waals surface area contributed by atoms with Gasteiger partial charge in [-0.15, -0.1) is 0 Å². The highest BCUT2D eigenvalue weighted by atomic mass is 16.1. The highest BCUT2D eigenvalue weighted by Gasteiger charge is 2.19. The van der Waals surface area contributed by atoms with Crippen molar-refractivity contribution < 1.29 is 4.79 Å². The van der Waals surface area contributed by atoms with E-state index in [2.05, 4.69) is 26.1 Å². The van der Waals surface area contributed by atoms with Crippen molar-refractivity contribution in [3.63, 3.8) is 0 Å². The van der Waals surface area contributed by atoms with Gasteiger partial charge >= 0.3 is 0 Å². The first-order valence-electron chi connectivity index (χ1n) is 7.06. The molecule has 4 heteroatoms. The second-order valence-electron chi connectivity index (χ2n) is 6.07. The van der Waals surface area contributed by atoms with E-state index in [-0.39, 0.29) is 11.3 Å². The molecule has 3 N–H and O–H groups in total. The van der Waals surface area contributed by atoms with Gasteiger partial charge in [-0.05, 0) is 17.9 Å². The van der Waals surface area contributed by atoms with Crippen molar-refractivity contribution in [3.05, 3.63) is 18.0 Å². The number of rotatable bonds is 7. The Morgan fingerprint density at radius 1 is 1.42 bits per heavy atom. The summed E-state index contributed by atoms with van der Waals surface area (Å²) in [6, 6.07) is 1.71. The first kappa shape index (κ1) is 15.6. The van der Waals surface area contributed by atoms with Crippen molar-refractivity contribution in [1.82, 2.24) is 9.88 Å². The van der Waals surface area contributed by atoms with Crippen LogP contribution < -0.4 is 11.1 Å². The minimum absolute atomic E-state index is 0.0530. The lowest BCUT2D eigenvalue weighted by atomic mass is 9.87. The van der Waals surface area contributed by atoms with Gasteiger partial charge in [0.2, 0.25) is 0 Å². The smallest absolute Gasteiger partial charge is 0.267 e. The van der Waals surface area contributed by atoms with Crippen LogP contribution in [-0.2, 0) is 7.05 Å². The molecule has 0 unspecified atom stereocenters. The van der Waals surface area contributed by atoms with Crippen LogP contribution in [0.1, 0.15) is 56.9 Å². The van der Waals surface area contributed by atoms with Crippen molar-refractivity contribution >= 4 is 11.6 Å². The maximum Gasteiger partial charge on any atom is 0.267 e. The lowest BCUT2D eigenvalue weighted by Gasteiger charge is -2.25. The number of nitrogen functional groups attached to an aromatic ring is 1. The third-order valence-electron chi connectivity index (χ3n) is 3.44. The molecule has 1 aromatic rings. The number of hydrogen-bond donors (Lipinski definition) is 2. The van der Waals surface area contributed by atoms with E-state index in [1.165, 1.54) is 19.3 Å². The van der Waals surface area contributed by atoms with Crippen molar-refractivity contribution in [2.24, 2.45) is 12.5 Å². The standard InChI is InChI=1S/C15H27N3O/c1-5-6-7-8-15(2,3)11-17-14(19)13-9-12(16)10-18(13)4/h9-10H,5-8,11,16H2,1-4H3,(H,17,19). The average molecular weight is 265 g/mol. The van der Waals surface area contributed by atoms with Crippen molar-refractivity contribution in [2.75, 3.05) is 12.3 Å². The number of aromatic nitrogens is 1. The number of nitrogens with two attached hydrogens (primary N) is 1. The lowest BCUT2D eigenvalue weighted by Crippen LogP contribution is -2.34. The molecule has 19 heavy (non-hydrogen) atoms. The molecule has 0 spiro atoms. The fraction of sp³-hybridized carbons (Fsp3) is 0.667. The fourth-order valence-electron chi connectivity index (χ4n) is 2.17. The number of aryl methyl sites for hydroxylation is 1. The molecule has 0 atom stereocenters. The van der Waals surface area contributed by atoms with Crippen LogP contribution in [0.15, 0.2) is 12.3 Å². The van der Waals surface area contributed by atoms with Crippen LogP contribution in [0, 0.1) is 5.41 Å². The molecule has 4 nitrogen and oxygen atoms in total. The Labute approximate surface area is 116 Å². The van der Waals surface area contributed by atoms with Crippen molar-refractivity contribution in [3.8, 4) is 0 Å². The predicted molar refractivity (Wildman–Crippen MR) is 80.1 cm³/mol. The summed E-state index contributed by atoms with van der Waals surface area (Å²) >= 11 is 0. The third kappa shape index (κ3) is 4.97. The Morgan fingerprint density at radius 3 is 2.63 bits per heavy atom. The normalized spacial score (nSPS) is 11.6. The minimum atomic E-state index is -0.0530. The molecule has 0 aromatic carbocycles. The molecule has 0 aliphatic carbocycles. The van der Waals surface area contributed by atoms with Crippen LogP contribution in [0.3, 0.4) is 0 Å². The number of unbranched alkanes of at least 4 members (excludes halogenated alkanes) is 2. The largest absolute Gasteiger partial charge is 0.397 e. The Bertz CT molecular complexity index is 421. The molecule has 0 saturated carbocycles. The van der Waals surface area contributed by atoms with E-state index < -0.39 is 0 Å². The number of nitrogens with zero attached hydrogens (tertiary/aromatic N) is 1. The zero-order valence-corrected chi connectivity index (χ0v) is 12.6.